The third-order valence-electron chi connectivity index (χ3n) is 7.07. The molecule has 2 atom stereocenters. The second-order valence-electron chi connectivity index (χ2n) is 8.52. The lowest BCUT2D eigenvalue weighted by atomic mass is 9.71. The van der Waals surface area contributed by atoms with E-state index in [0.717, 1.165) is 36.0 Å². The molecule has 0 spiro atoms. The van der Waals surface area contributed by atoms with Gasteiger partial charge in [-0.05, 0) is 42.5 Å². The van der Waals surface area contributed by atoms with Gasteiger partial charge in [0.05, 0.1) is 18.2 Å². The Morgan fingerprint density at radius 1 is 1.29 bits per heavy atom. The van der Waals surface area contributed by atoms with Crippen molar-refractivity contribution in [2.45, 2.75) is 51.7 Å². The van der Waals surface area contributed by atoms with Crippen LogP contribution in [0, 0.1) is 5.41 Å². The number of carboxylic acids is 1. The number of benzene rings is 1. The van der Waals surface area contributed by atoms with Crippen LogP contribution in [0.15, 0.2) is 12.1 Å². The summed E-state index contributed by atoms with van der Waals surface area (Å²) in [5.41, 5.74) is 1.00. The molecule has 3 aliphatic rings. The minimum absolute atomic E-state index is 0.0997. The Bertz CT molecular complexity index is 956. The SMILES string of the molecule is CCC12CCC(=O)C=C1c1c(cc(OC(CC)(C(=O)O)N3CCOCC3)c(Cl)c1Cl)C2. The molecule has 1 aromatic carbocycles. The van der Waals surface area contributed by atoms with Gasteiger partial charge in [-0.2, -0.15) is 0 Å². The molecular formula is C23H27Cl2NO5. The number of carbonyl (C=O) groups is 2. The van der Waals surface area contributed by atoms with E-state index in [1.165, 1.54) is 0 Å². The summed E-state index contributed by atoms with van der Waals surface area (Å²) in [5, 5.41) is 10.6. The maximum absolute atomic E-state index is 12.4. The molecule has 1 aromatic rings. The summed E-state index contributed by atoms with van der Waals surface area (Å²) in [5.74, 6) is -0.711. The minimum Gasteiger partial charge on any atom is -0.477 e. The number of rotatable bonds is 6. The molecule has 0 radical (unpaired) electrons. The van der Waals surface area contributed by atoms with Gasteiger partial charge in [-0.1, -0.05) is 37.0 Å². The largest absolute Gasteiger partial charge is 0.477 e. The molecule has 1 aliphatic heterocycles. The fraction of sp³-hybridized carbons (Fsp3) is 0.565. The first-order chi connectivity index (χ1) is 14.8. The minimum atomic E-state index is -1.56. The quantitative estimate of drug-likeness (QED) is 0.658. The molecular weight excluding hydrogens is 441 g/mol. The molecule has 2 aliphatic carbocycles. The molecule has 1 fully saturated rings. The second kappa shape index (κ2) is 8.39. The van der Waals surface area contributed by atoms with Crippen molar-refractivity contribution < 1.29 is 24.2 Å². The van der Waals surface area contributed by atoms with Gasteiger partial charge >= 0.3 is 5.97 Å². The smallest absolute Gasteiger partial charge is 0.364 e. The molecule has 31 heavy (non-hydrogen) atoms. The number of carbonyl (C=O) groups excluding carboxylic acids is 1. The Morgan fingerprint density at radius 2 is 2.00 bits per heavy atom. The van der Waals surface area contributed by atoms with Gasteiger partial charge in [-0.25, -0.2) is 4.79 Å². The van der Waals surface area contributed by atoms with Gasteiger partial charge in [0.2, 0.25) is 0 Å². The van der Waals surface area contributed by atoms with Crippen molar-refractivity contribution >= 4 is 40.5 Å². The van der Waals surface area contributed by atoms with Gasteiger partial charge < -0.3 is 14.6 Å². The first kappa shape index (κ1) is 22.6. The fourth-order valence-corrected chi connectivity index (χ4v) is 5.72. The van der Waals surface area contributed by atoms with Crippen molar-refractivity contribution in [1.29, 1.82) is 0 Å². The van der Waals surface area contributed by atoms with Crippen molar-refractivity contribution in [2.75, 3.05) is 26.3 Å². The van der Waals surface area contributed by atoms with Crippen molar-refractivity contribution in [1.82, 2.24) is 4.90 Å². The van der Waals surface area contributed by atoms with E-state index in [9.17, 15) is 14.7 Å². The highest BCUT2D eigenvalue weighted by Crippen LogP contribution is 2.57. The fourth-order valence-electron chi connectivity index (χ4n) is 5.22. The average molecular weight is 468 g/mol. The lowest BCUT2D eigenvalue weighted by molar-refractivity contribution is -0.184. The normalized spacial score (nSPS) is 25.4. The third-order valence-corrected chi connectivity index (χ3v) is 7.92. The number of nitrogens with zero attached hydrogens (tertiary/aromatic N) is 1. The zero-order chi connectivity index (χ0) is 22.4. The molecule has 0 aromatic heterocycles. The number of hydrogen-bond acceptors (Lipinski definition) is 5. The van der Waals surface area contributed by atoms with Crippen molar-refractivity contribution in [2.24, 2.45) is 5.41 Å². The third kappa shape index (κ3) is 3.58. The lowest BCUT2D eigenvalue weighted by Crippen LogP contribution is -2.61. The van der Waals surface area contributed by atoms with Crippen LogP contribution < -0.4 is 4.74 Å². The summed E-state index contributed by atoms with van der Waals surface area (Å²) >= 11 is 13.4. The topological polar surface area (TPSA) is 76.1 Å². The highest BCUT2D eigenvalue weighted by Gasteiger charge is 2.48. The highest BCUT2D eigenvalue weighted by molar-refractivity contribution is 6.44. The molecule has 1 heterocycles. The first-order valence-electron chi connectivity index (χ1n) is 10.8. The Balaban J connectivity index is 1.78. The molecule has 2 unspecified atom stereocenters. The van der Waals surface area contributed by atoms with Crippen LogP contribution in [0.2, 0.25) is 10.0 Å². The maximum atomic E-state index is 12.4. The van der Waals surface area contributed by atoms with Crippen LogP contribution in [-0.4, -0.2) is 53.8 Å². The van der Waals surface area contributed by atoms with E-state index in [-0.39, 0.29) is 28.4 Å². The standard InChI is InChI=1S/C23H27Cl2NO5/c1-3-22-6-5-15(27)12-16(22)18-14(13-22)11-17(19(24)20(18)25)31-23(4-2,21(28)29)26-7-9-30-10-8-26/h11-12H,3-10,13H2,1-2H3,(H,28,29). The average Bonchev–Trinajstić information content (AvgIpc) is 3.09. The van der Waals surface area contributed by atoms with E-state index in [1.807, 2.05) is 6.07 Å². The van der Waals surface area contributed by atoms with Crippen LogP contribution in [0.3, 0.4) is 0 Å². The van der Waals surface area contributed by atoms with Crippen molar-refractivity contribution in [3.05, 3.63) is 33.3 Å². The Hall–Kier alpha value is -1.60. The van der Waals surface area contributed by atoms with Crippen LogP contribution in [0.4, 0.5) is 0 Å². The summed E-state index contributed by atoms with van der Waals surface area (Å²) in [6, 6.07) is 1.82. The molecule has 6 nitrogen and oxygen atoms in total. The summed E-state index contributed by atoms with van der Waals surface area (Å²) in [6.07, 6.45) is 4.85. The maximum Gasteiger partial charge on any atom is 0.364 e. The summed E-state index contributed by atoms with van der Waals surface area (Å²) < 4.78 is 11.6. The zero-order valence-corrected chi connectivity index (χ0v) is 19.3. The Morgan fingerprint density at radius 3 is 2.61 bits per heavy atom. The lowest BCUT2D eigenvalue weighted by Gasteiger charge is -2.41. The molecule has 0 bridgehead atoms. The molecule has 1 saturated heterocycles. The van der Waals surface area contributed by atoms with Gasteiger partial charge in [-0.3, -0.25) is 9.69 Å². The van der Waals surface area contributed by atoms with Gasteiger partial charge in [0.15, 0.2) is 5.78 Å². The van der Waals surface area contributed by atoms with Gasteiger partial charge in [0.1, 0.15) is 10.8 Å². The van der Waals surface area contributed by atoms with E-state index in [2.05, 4.69) is 6.92 Å². The van der Waals surface area contributed by atoms with E-state index in [1.54, 1.807) is 17.9 Å². The zero-order valence-electron chi connectivity index (χ0n) is 17.8. The van der Waals surface area contributed by atoms with Crippen molar-refractivity contribution in [3.63, 3.8) is 0 Å². The van der Waals surface area contributed by atoms with Crippen molar-refractivity contribution in [3.8, 4) is 5.75 Å². The van der Waals surface area contributed by atoms with Crippen LogP contribution in [0.5, 0.6) is 5.75 Å². The Labute approximate surface area is 192 Å². The Kier molecular flexibility index (Phi) is 6.12. The van der Waals surface area contributed by atoms with Gasteiger partial charge in [0, 0.05) is 36.9 Å². The monoisotopic (exact) mass is 467 g/mol. The molecule has 1 N–H and O–H groups in total. The number of fused-ring (bicyclic) bond motifs is 3. The van der Waals surface area contributed by atoms with Crippen LogP contribution in [0.1, 0.15) is 50.7 Å². The number of halogens is 2. The number of aliphatic carboxylic acids is 1. The summed E-state index contributed by atoms with van der Waals surface area (Å²) in [7, 11) is 0. The van der Waals surface area contributed by atoms with E-state index in [0.29, 0.717) is 37.7 Å². The second-order valence-corrected chi connectivity index (χ2v) is 9.27. The highest BCUT2D eigenvalue weighted by atomic mass is 35.5. The van der Waals surface area contributed by atoms with E-state index in [4.69, 9.17) is 32.7 Å². The molecule has 4 rings (SSSR count). The number of allylic oxidation sites excluding steroid dienone is 2. The molecule has 0 saturated carbocycles. The summed E-state index contributed by atoms with van der Waals surface area (Å²) in [6.45, 7) is 5.68. The van der Waals surface area contributed by atoms with Gasteiger partial charge in [-0.15, -0.1) is 0 Å². The number of hydrogen-bond donors (Lipinski definition) is 1. The first-order valence-corrected chi connectivity index (χ1v) is 11.5. The van der Waals surface area contributed by atoms with Crippen LogP contribution >= 0.6 is 23.2 Å². The molecule has 0 amide bonds. The number of morpholine rings is 1. The number of ketones is 1. The van der Waals surface area contributed by atoms with Gasteiger partial charge in [0.25, 0.3) is 5.72 Å². The van der Waals surface area contributed by atoms with Crippen LogP contribution in [-0.2, 0) is 20.7 Å². The number of ether oxygens (including phenoxy) is 2. The predicted octanol–water partition coefficient (Wildman–Crippen LogP) is 4.59. The van der Waals surface area contributed by atoms with E-state index < -0.39 is 11.7 Å². The number of carboxylic acid groups (broad SMARTS) is 1. The molecule has 168 valence electrons. The molecule has 8 heteroatoms. The predicted molar refractivity (Wildman–Crippen MR) is 119 cm³/mol. The summed E-state index contributed by atoms with van der Waals surface area (Å²) in [4.78, 5) is 26.3. The van der Waals surface area contributed by atoms with E-state index >= 15 is 0 Å². The van der Waals surface area contributed by atoms with Crippen LogP contribution in [0.25, 0.3) is 5.57 Å².